The number of hydrogen-bond donors (Lipinski definition) is 2. The molecule has 3 aliphatic heterocycles. The Labute approximate surface area is 186 Å². The van der Waals surface area contributed by atoms with Crippen molar-refractivity contribution in [3.8, 4) is 0 Å². The summed E-state index contributed by atoms with van der Waals surface area (Å²) in [4.78, 5) is 24.2. The summed E-state index contributed by atoms with van der Waals surface area (Å²) in [5.74, 6) is -8.35. The van der Waals surface area contributed by atoms with E-state index in [9.17, 15) is 40.7 Å². The average molecular weight is 508 g/mol. The summed E-state index contributed by atoms with van der Waals surface area (Å²) in [6, 6.07) is 0. The second-order valence-corrected chi connectivity index (χ2v) is 9.73. The molecule has 0 aromatic carbocycles. The molecule has 2 N–H and O–H groups in total. The minimum atomic E-state index is -6.39. The predicted molar refractivity (Wildman–Crippen MR) is 97.8 cm³/mol. The fraction of sp³-hybridized carbons (Fsp3) is 0.889. The van der Waals surface area contributed by atoms with Gasteiger partial charge in [0.15, 0.2) is 6.10 Å². The van der Waals surface area contributed by atoms with Crippen LogP contribution in [0.4, 0.5) is 17.6 Å². The largest absolute Gasteiger partial charge is 0.464 e. The van der Waals surface area contributed by atoms with Gasteiger partial charge in [-0.3, -0.25) is 9.35 Å². The van der Waals surface area contributed by atoms with Crippen molar-refractivity contribution in [2.24, 2.45) is 11.8 Å². The third-order valence-corrected chi connectivity index (χ3v) is 7.52. The van der Waals surface area contributed by atoms with Crippen LogP contribution >= 0.6 is 0 Å². The number of carbonyl (C=O) groups is 2. The Balaban J connectivity index is 1.57. The number of esters is 2. The molecule has 3 aliphatic rings. The molecule has 10 nitrogen and oxygen atoms in total. The smallest absolute Gasteiger partial charge is 0.431 e. The highest BCUT2D eigenvalue weighted by molar-refractivity contribution is 7.87. The lowest BCUT2D eigenvalue weighted by atomic mass is 9.67. The molecule has 0 aliphatic carbocycles. The van der Waals surface area contributed by atoms with Crippen molar-refractivity contribution >= 4 is 22.1 Å². The summed E-state index contributed by atoms with van der Waals surface area (Å²) >= 11 is 0. The van der Waals surface area contributed by atoms with Crippen molar-refractivity contribution in [3.05, 3.63) is 0 Å². The van der Waals surface area contributed by atoms with Gasteiger partial charge in [-0.2, -0.15) is 26.0 Å². The maximum Gasteiger partial charge on any atom is 0.431 e. The molecule has 3 heterocycles. The van der Waals surface area contributed by atoms with E-state index in [0.29, 0.717) is 12.8 Å². The Kier molecular flexibility index (Phi) is 6.78. The molecule has 0 aromatic rings. The van der Waals surface area contributed by atoms with Crippen LogP contribution in [0.25, 0.3) is 0 Å². The van der Waals surface area contributed by atoms with E-state index in [2.05, 4.69) is 4.74 Å². The van der Waals surface area contributed by atoms with E-state index < -0.39 is 94.7 Å². The molecular weight excluding hydrogens is 484 g/mol. The summed E-state index contributed by atoms with van der Waals surface area (Å²) in [5.41, 5.74) is -1.26. The Morgan fingerprint density at radius 3 is 2.27 bits per heavy atom. The van der Waals surface area contributed by atoms with Gasteiger partial charge in [-0.1, -0.05) is 13.8 Å². The first kappa shape index (κ1) is 26.1. The summed E-state index contributed by atoms with van der Waals surface area (Å²) in [6.07, 6.45) is -4.52. The molecule has 6 unspecified atom stereocenters. The molecule has 0 saturated carbocycles. The Hall–Kier alpha value is -1.55. The first-order chi connectivity index (χ1) is 15.1. The number of alkyl halides is 4. The van der Waals surface area contributed by atoms with E-state index >= 15 is 0 Å². The monoisotopic (exact) mass is 508 g/mol. The Morgan fingerprint density at radius 1 is 1.12 bits per heavy atom. The number of aliphatic hydroxyl groups is 1. The molecule has 0 radical (unpaired) electrons. The van der Waals surface area contributed by atoms with Crippen molar-refractivity contribution in [1.29, 1.82) is 0 Å². The molecule has 0 amide bonds. The lowest BCUT2D eigenvalue weighted by Gasteiger charge is -2.39. The van der Waals surface area contributed by atoms with E-state index in [1.54, 1.807) is 13.8 Å². The highest BCUT2D eigenvalue weighted by Crippen LogP contribution is 2.55. The van der Waals surface area contributed by atoms with Crippen LogP contribution in [-0.2, 0) is 38.7 Å². The van der Waals surface area contributed by atoms with Gasteiger partial charge in [0.25, 0.3) is 0 Å². The maximum absolute atomic E-state index is 13.4. The SMILES string of the molecule is CCC(O)(CC)C1C2OC3C(OC(=O)C31)C2OCC(=O)OCCC(F)(F)C(F)(F)S(=O)(=O)O. The standard InChI is InChI=1S/C18H24F4O10S/c1-3-16(25,4-2)10-9-11-14(32-15(9)24)13(12(10)31-11)30-7-8(23)29-6-5-17(19,20)18(21,22)33(26,27)28/h9-14,25H,3-7H2,1-2H3,(H,26,27,28). The molecule has 2 bridgehead atoms. The van der Waals surface area contributed by atoms with Gasteiger partial charge < -0.3 is 24.1 Å². The molecular formula is C18H24F4O10S. The first-order valence-electron chi connectivity index (χ1n) is 10.2. The number of fused-ring (bicyclic) bond motifs is 1. The second-order valence-electron chi connectivity index (χ2n) is 8.27. The molecule has 6 atom stereocenters. The Morgan fingerprint density at radius 2 is 1.73 bits per heavy atom. The van der Waals surface area contributed by atoms with Crippen LogP contribution in [0.2, 0.25) is 0 Å². The van der Waals surface area contributed by atoms with Gasteiger partial charge >= 0.3 is 33.2 Å². The van der Waals surface area contributed by atoms with Crippen molar-refractivity contribution in [1.82, 2.24) is 0 Å². The summed E-state index contributed by atoms with van der Waals surface area (Å²) < 4.78 is 103. The fourth-order valence-electron chi connectivity index (χ4n) is 4.71. The summed E-state index contributed by atoms with van der Waals surface area (Å²) in [6.45, 7) is 1.35. The van der Waals surface area contributed by atoms with Gasteiger partial charge in [-0.25, -0.2) is 4.79 Å². The van der Waals surface area contributed by atoms with Crippen LogP contribution < -0.4 is 0 Å². The molecule has 15 heteroatoms. The van der Waals surface area contributed by atoms with Crippen molar-refractivity contribution in [2.75, 3.05) is 13.2 Å². The Bertz CT molecular complexity index is 891. The molecule has 3 fully saturated rings. The van der Waals surface area contributed by atoms with Gasteiger partial charge in [0.05, 0.1) is 30.7 Å². The van der Waals surface area contributed by atoms with E-state index in [1.165, 1.54) is 0 Å². The maximum atomic E-state index is 13.4. The van der Waals surface area contributed by atoms with Crippen LogP contribution in [0, 0.1) is 11.8 Å². The molecule has 3 saturated heterocycles. The van der Waals surface area contributed by atoms with Crippen LogP contribution in [0.3, 0.4) is 0 Å². The van der Waals surface area contributed by atoms with Crippen molar-refractivity contribution in [3.63, 3.8) is 0 Å². The lowest BCUT2D eigenvalue weighted by molar-refractivity contribution is -0.177. The second kappa shape index (κ2) is 8.59. The van der Waals surface area contributed by atoms with Crippen molar-refractivity contribution < 1.29 is 64.2 Å². The third kappa shape index (κ3) is 4.22. The van der Waals surface area contributed by atoms with E-state index in [1.807, 2.05) is 0 Å². The normalized spacial score (nSPS) is 31.7. The predicted octanol–water partition coefficient (Wildman–Crippen LogP) is 0.911. The highest BCUT2D eigenvalue weighted by Gasteiger charge is 2.72. The number of halogens is 4. The van der Waals surface area contributed by atoms with Gasteiger partial charge in [0.1, 0.15) is 18.8 Å². The van der Waals surface area contributed by atoms with Gasteiger partial charge in [0.2, 0.25) is 0 Å². The number of rotatable bonds is 11. The number of hydrogen-bond acceptors (Lipinski definition) is 9. The highest BCUT2D eigenvalue weighted by atomic mass is 32.2. The molecule has 0 aromatic heterocycles. The van der Waals surface area contributed by atoms with Crippen molar-refractivity contribution in [2.45, 2.75) is 74.3 Å². The van der Waals surface area contributed by atoms with E-state index in [4.69, 9.17) is 18.8 Å². The van der Waals surface area contributed by atoms with Gasteiger partial charge in [-0.05, 0) is 12.8 Å². The third-order valence-electron chi connectivity index (χ3n) is 6.57. The lowest BCUT2D eigenvalue weighted by Crippen LogP contribution is -2.53. The van der Waals surface area contributed by atoms with Gasteiger partial charge in [0, 0.05) is 5.92 Å². The fourth-order valence-corrected chi connectivity index (χ4v) is 5.19. The zero-order chi connectivity index (χ0) is 25.0. The molecule has 0 spiro atoms. The molecule has 190 valence electrons. The minimum absolute atomic E-state index is 0.312. The number of ether oxygens (including phenoxy) is 4. The topological polar surface area (TPSA) is 146 Å². The zero-order valence-electron chi connectivity index (χ0n) is 17.6. The quantitative estimate of drug-likeness (QED) is 0.235. The summed E-state index contributed by atoms with van der Waals surface area (Å²) in [7, 11) is -6.39. The van der Waals surface area contributed by atoms with Crippen LogP contribution in [-0.4, -0.2) is 84.4 Å². The first-order valence-corrected chi connectivity index (χ1v) is 11.6. The van der Waals surface area contributed by atoms with Crippen LogP contribution in [0.5, 0.6) is 0 Å². The minimum Gasteiger partial charge on any atom is -0.464 e. The van der Waals surface area contributed by atoms with E-state index in [0.717, 1.165) is 0 Å². The number of carbonyl (C=O) groups excluding carboxylic acids is 2. The van der Waals surface area contributed by atoms with Crippen LogP contribution in [0.15, 0.2) is 0 Å². The van der Waals surface area contributed by atoms with E-state index in [-0.39, 0.29) is 0 Å². The molecule has 33 heavy (non-hydrogen) atoms. The summed E-state index contributed by atoms with van der Waals surface area (Å²) in [5, 5.41) is 5.20. The average Bonchev–Trinajstić information content (AvgIpc) is 3.33. The zero-order valence-corrected chi connectivity index (χ0v) is 18.4. The van der Waals surface area contributed by atoms with Crippen LogP contribution in [0.1, 0.15) is 33.1 Å². The molecule has 3 rings (SSSR count). The van der Waals surface area contributed by atoms with Gasteiger partial charge in [-0.15, -0.1) is 0 Å².